The lowest BCUT2D eigenvalue weighted by Crippen LogP contribution is -2.24. The number of hydrogen-bond acceptors (Lipinski definition) is 3. The molecule has 0 fully saturated rings. The summed E-state index contributed by atoms with van der Waals surface area (Å²) < 4.78 is 11.1. The Bertz CT molecular complexity index is 684. The number of nitrogens with two attached hydrogens (primary N) is 1. The van der Waals surface area contributed by atoms with Crippen LogP contribution in [-0.4, -0.2) is 26.2 Å². The molecule has 0 atom stereocenters. The number of ether oxygens (including phenoxy) is 2. The van der Waals surface area contributed by atoms with E-state index >= 15 is 0 Å². The van der Waals surface area contributed by atoms with Crippen molar-refractivity contribution >= 4 is 11.6 Å². The number of aliphatic imine (C=N–C) groups is 1. The van der Waals surface area contributed by atoms with Gasteiger partial charge < -0.3 is 20.5 Å². The van der Waals surface area contributed by atoms with Gasteiger partial charge >= 0.3 is 0 Å². The Kier molecular flexibility index (Phi) is 6.49. The molecule has 0 amide bonds. The number of methoxy groups -OCH3 is 1. The largest absolute Gasteiger partial charge is 0.495 e. The summed E-state index contributed by atoms with van der Waals surface area (Å²) in [6.07, 6.45) is 0. The third kappa shape index (κ3) is 4.91. The molecule has 0 saturated carbocycles. The van der Waals surface area contributed by atoms with Crippen LogP contribution in [0, 0.1) is 0 Å². The average molecular weight is 327 g/mol. The van der Waals surface area contributed by atoms with Gasteiger partial charge in [0.1, 0.15) is 18.1 Å². The third-order valence-corrected chi connectivity index (χ3v) is 3.54. The van der Waals surface area contributed by atoms with Crippen molar-refractivity contribution in [1.29, 1.82) is 0 Å². The molecule has 0 spiro atoms. The number of anilines is 1. The predicted molar refractivity (Wildman–Crippen MR) is 99.1 cm³/mol. The first-order chi connectivity index (χ1) is 11.6. The third-order valence-electron chi connectivity index (χ3n) is 3.54. The minimum Gasteiger partial charge on any atom is -0.495 e. The summed E-state index contributed by atoms with van der Waals surface area (Å²) in [5, 5.41) is 3.04. The second-order valence-electron chi connectivity index (χ2n) is 5.63. The van der Waals surface area contributed by atoms with Crippen LogP contribution in [0.4, 0.5) is 5.69 Å². The van der Waals surface area contributed by atoms with E-state index in [0.29, 0.717) is 25.0 Å². The van der Waals surface area contributed by atoms with Gasteiger partial charge in [-0.25, -0.2) is 4.99 Å². The summed E-state index contributed by atoms with van der Waals surface area (Å²) in [7, 11) is 1.62. The number of rotatable bonds is 7. The van der Waals surface area contributed by atoms with Crippen molar-refractivity contribution in [2.75, 3.05) is 25.6 Å². The van der Waals surface area contributed by atoms with E-state index in [2.05, 4.69) is 30.2 Å². The van der Waals surface area contributed by atoms with Crippen LogP contribution in [0.25, 0.3) is 0 Å². The SMILES string of the molecule is COc1ccccc1NC(N)=NCCOc1ccccc1C(C)C. The van der Waals surface area contributed by atoms with Gasteiger partial charge in [0.25, 0.3) is 0 Å². The van der Waals surface area contributed by atoms with Gasteiger partial charge in [-0.05, 0) is 29.7 Å². The standard InChI is InChI=1S/C19H25N3O2/c1-14(2)15-8-4-6-10-17(15)24-13-12-21-19(20)22-16-9-5-7-11-18(16)23-3/h4-11,14H,12-13H2,1-3H3,(H3,20,21,22). The maximum atomic E-state index is 5.91. The fourth-order valence-corrected chi connectivity index (χ4v) is 2.34. The first-order valence-electron chi connectivity index (χ1n) is 8.03. The predicted octanol–water partition coefficient (Wildman–Crippen LogP) is 3.62. The van der Waals surface area contributed by atoms with Crippen LogP contribution in [0.5, 0.6) is 11.5 Å². The Labute approximate surface area is 143 Å². The number of para-hydroxylation sites is 3. The summed E-state index contributed by atoms with van der Waals surface area (Å²) in [5.74, 6) is 2.37. The summed E-state index contributed by atoms with van der Waals surface area (Å²) in [5.41, 5.74) is 7.90. The van der Waals surface area contributed by atoms with E-state index in [1.165, 1.54) is 5.56 Å². The summed E-state index contributed by atoms with van der Waals surface area (Å²) in [4.78, 5) is 4.29. The van der Waals surface area contributed by atoms with Crippen LogP contribution in [-0.2, 0) is 0 Å². The van der Waals surface area contributed by atoms with Crippen molar-refractivity contribution < 1.29 is 9.47 Å². The lowest BCUT2D eigenvalue weighted by atomic mass is 10.0. The van der Waals surface area contributed by atoms with Crippen LogP contribution < -0.4 is 20.5 Å². The smallest absolute Gasteiger partial charge is 0.193 e. The van der Waals surface area contributed by atoms with E-state index < -0.39 is 0 Å². The normalized spacial score (nSPS) is 11.4. The molecule has 5 nitrogen and oxygen atoms in total. The van der Waals surface area contributed by atoms with Gasteiger partial charge in [-0.1, -0.05) is 44.2 Å². The quantitative estimate of drug-likeness (QED) is 0.463. The van der Waals surface area contributed by atoms with Crippen molar-refractivity contribution in [3.05, 3.63) is 54.1 Å². The highest BCUT2D eigenvalue weighted by molar-refractivity contribution is 5.93. The van der Waals surface area contributed by atoms with Gasteiger partial charge in [0, 0.05) is 0 Å². The van der Waals surface area contributed by atoms with Crippen molar-refractivity contribution in [2.24, 2.45) is 10.7 Å². The molecule has 0 unspecified atom stereocenters. The van der Waals surface area contributed by atoms with Crippen molar-refractivity contribution in [1.82, 2.24) is 0 Å². The molecule has 24 heavy (non-hydrogen) atoms. The lowest BCUT2D eigenvalue weighted by Gasteiger charge is -2.13. The minimum absolute atomic E-state index is 0.334. The van der Waals surface area contributed by atoms with E-state index in [9.17, 15) is 0 Å². The number of benzene rings is 2. The Hall–Kier alpha value is -2.69. The number of nitrogens with zero attached hydrogens (tertiary/aromatic N) is 1. The zero-order valence-electron chi connectivity index (χ0n) is 14.5. The van der Waals surface area contributed by atoms with E-state index in [-0.39, 0.29) is 0 Å². The Morgan fingerprint density at radius 3 is 2.46 bits per heavy atom. The van der Waals surface area contributed by atoms with E-state index in [4.69, 9.17) is 15.2 Å². The molecule has 0 saturated heterocycles. The van der Waals surface area contributed by atoms with Gasteiger partial charge in [-0.3, -0.25) is 0 Å². The minimum atomic E-state index is 0.334. The van der Waals surface area contributed by atoms with Crippen LogP contribution in [0.15, 0.2) is 53.5 Å². The van der Waals surface area contributed by atoms with E-state index in [1.54, 1.807) is 7.11 Å². The van der Waals surface area contributed by atoms with Crippen LogP contribution in [0.3, 0.4) is 0 Å². The van der Waals surface area contributed by atoms with Crippen LogP contribution in [0.2, 0.25) is 0 Å². The summed E-state index contributed by atoms with van der Waals surface area (Å²) in [6.45, 7) is 5.24. The van der Waals surface area contributed by atoms with Gasteiger partial charge in [0.05, 0.1) is 19.3 Å². The van der Waals surface area contributed by atoms with Crippen molar-refractivity contribution in [3.8, 4) is 11.5 Å². The lowest BCUT2D eigenvalue weighted by molar-refractivity contribution is 0.324. The number of nitrogens with one attached hydrogen (secondary N) is 1. The average Bonchev–Trinajstić information content (AvgIpc) is 2.59. The second kappa shape index (κ2) is 8.82. The molecule has 0 aliphatic carbocycles. The zero-order valence-corrected chi connectivity index (χ0v) is 14.5. The molecule has 0 aliphatic heterocycles. The van der Waals surface area contributed by atoms with Crippen LogP contribution in [0.1, 0.15) is 25.3 Å². The van der Waals surface area contributed by atoms with Gasteiger partial charge in [0.2, 0.25) is 0 Å². The fraction of sp³-hybridized carbons (Fsp3) is 0.316. The Morgan fingerprint density at radius 2 is 1.75 bits per heavy atom. The molecular formula is C19H25N3O2. The van der Waals surface area contributed by atoms with Crippen molar-refractivity contribution in [2.45, 2.75) is 19.8 Å². The number of guanidine groups is 1. The number of hydrogen-bond donors (Lipinski definition) is 2. The topological polar surface area (TPSA) is 68.9 Å². The maximum Gasteiger partial charge on any atom is 0.193 e. The summed E-state index contributed by atoms with van der Waals surface area (Å²) in [6, 6.07) is 15.6. The zero-order chi connectivity index (χ0) is 17.4. The highest BCUT2D eigenvalue weighted by atomic mass is 16.5. The second-order valence-corrected chi connectivity index (χ2v) is 5.63. The molecule has 128 valence electrons. The van der Waals surface area contributed by atoms with Gasteiger partial charge in [0.15, 0.2) is 5.96 Å². The van der Waals surface area contributed by atoms with Gasteiger partial charge in [-0.2, -0.15) is 0 Å². The maximum absolute atomic E-state index is 5.91. The molecule has 0 heterocycles. The Balaban J connectivity index is 1.88. The van der Waals surface area contributed by atoms with E-state index in [0.717, 1.165) is 17.2 Å². The molecule has 0 aromatic heterocycles. The molecule has 3 N–H and O–H groups in total. The fourth-order valence-electron chi connectivity index (χ4n) is 2.34. The molecule has 2 rings (SSSR count). The molecule has 5 heteroatoms. The highest BCUT2D eigenvalue weighted by Gasteiger charge is 2.06. The first-order valence-corrected chi connectivity index (χ1v) is 8.03. The highest BCUT2D eigenvalue weighted by Crippen LogP contribution is 2.25. The van der Waals surface area contributed by atoms with Gasteiger partial charge in [-0.15, -0.1) is 0 Å². The van der Waals surface area contributed by atoms with E-state index in [1.807, 2.05) is 42.5 Å². The molecule has 0 aliphatic rings. The molecular weight excluding hydrogens is 302 g/mol. The Morgan fingerprint density at radius 1 is 1.08 bits per heavy atom. The first kappa shape index (κ1) is 17.7. The molecule has 2 aromatic carbocycles. The molecule has 2 aromatic rings. The molecule has 0 bridgehead atoms. The molecule has 0 radical (unpaired) electrons. The monoisotopic (exact) mass is 327 g/mol. The summed E-state index contributed by atoms with van der Waals surface area (Å²) >= 11 is 0. The van der Waals surface area contributed by atoms with Crippen molar-refractivity contribution in [3.63, 3.8) is 0 Å². The van der Waals surface area contributed by atoms with Crippen LogP contribution >= 0.6 is 0 Å².